The van der Waals surface area contributed by atoms with E-state index in [-0.39, 0.29) is 19.4 Å². The number of hydrogen-bond donors (Lipinski definition) is 4. The van der Waals surface area contributed by atoms with E-state index in [4.69, 9.17) is 10.2 Å². The minimum absolute atomic E-state index is 0.126. The van der Waals surface area contributed by atoms with Crippen LogP contribution in [0, 0.1) is 0 Å². The molecule has 0 fully saturated rings. The Morgan fingerprint density at radius 1 is 0.957 bits per heavy atom. The molecule has 0 spiro atoms. The van der Waals surface area contributed by atoms with Crippen LogP contribution in [-0.4, -0.2) is 45.2 Å². The van der Waals surface area contributed by atoms with E-state index >= 15 is 0 Å². The molecule has 0 unspecified atom stereocenters. The monoisotopic (exact) mass is 328 g/mol. The Morgan fingerprint density at radius 3 is 2.43 bits per heavy atom. The van der Waals surface area contributed by atoms with Crippen molar-refractivity contribution in [1.29, 1.82) is 0 Å². The zero-order valence-electron chi connectivity index (χ0n) is 13.9. The smallest absolute Gasteiger partial charge is 0.303 e. The maximum absolute atomic E-state index is 10.4. The van der Waals surface area contributed by atoms with Gasteiger partial charge in [-0.05, 0) is 38.5 Å². The number of aliphatic hydroxyl groups excluding tert-OH is 3. The fraction of sp³-hybridized carbons (Fsp3) is 0.722. The van der Waals surface area contributed by atoms with Gasteiger partial charge in [-0.2, -0.15) is 0 Å². The van der Waals surface area contributed by atoms with E-state index in [0.29, 0.717) is 19.3 Å². The number of hydrogen-bond acceptors (Lipinski definition) is 4. The van der Waals surface area contributed by atoms with E-state index in [0.717, 1.165) is 32.1 Å². The van der Waals surface area contributed by atoms with Crippen LogP contribution in [0.3, 0.4) is 0 Å². The molecule has 0 rings (SSSR count). The predicted octanol–water partition coefficient (Wildman–Crippen LogP) is 2.80. The molecule has 0 aromatic heterocycles. The molecule has 5 nitrogen and oxygen atoms in total. The maximum Gasteiger partial charge on any atom is 0.303 e. The van der Waals surface area contributed by atoms with E-state index in [1.807, 2.05) is 12.2 Å². The lowest BCUT2D eigenvalue weighted by molar-refractivity contribution is -0.137. The van der Waals surface area contributed by atoms with Crippen molar-refractivity contribution in [2.45, 2.75) is 76.4 Å². The fourth-order valence-corrected chi connectivity index (χ4v) is 2.21. The largest absolute Gasteiger partial charge is 0.481 e. The Labute approximate surface area is 139 Å². The van der Waals surface area contributed by atoms with Gasteiger partial charge in [0.05, 0.1) is 12.2 Å². The number of carboxylic acids is 1. The highest BCUT2D eigenvalue weighted by Gasteiger charge is 2.09. The molecule has 5 heteroatoms. The molecule has 0 aliphatic carbocycles. The van der Waals surface area contributed by atoms with Crippen LogP contribution in [0.15, 0.2) is 24.3 Å². The average molecular weight is 328 g/mol. The third-order valence-electron chi connectivity index (χ3n) is 3.52. The molecule has 0 aliphatic rings. The van der Waals surface area contributed by atoms with E-state index in [9.17, 15) is 15.0 Å². The van der Waals surface area contributed by atoms with Crippen LogP contribution in [0.2, 0.25) is 0 Å². The summed E-state index contributed by atoms with van der Waals surface area (Å²) in [5.41, 5.74) is 0. The Kier molecular flexibility index (Phi) is 14.9. The summed E-state index contributed by atoms with van der Waals surface area (Å²) in [6.45, 7) is 0.260. The zero-order chi connectivity index (χ0) is 17.3. The molecular weight excluding hydrogens is 296 g/mol. The van der Waals surface area contributed by atoms with Crippen molar-refractivity contribution >= 4 is 5.97 Å². The summed E-state index contributed by atoms with van der Waals surface area (Å²) in [5, 5.41) is 36.7. The summed E-state index contributed by atoms with van der Waals surface area (Å²) >= 11 is 0. The Hall–Kier alpha value is -1.17. The SMILES string of the molecule is O=C(O)CCCC[C@H](O)C[C@H](O)/C=C\C/C=C\CCCCCO. The standard InChI is InChI=1S/C18H32O5/c19-14-10-6-4-2-1-3-5-7-11-16(20)15-17(21)12-8-9-13-18(22)23/h1,3,7,11,16-17,19-21H,2,4-6,8-10,12-15H2,(H,22,23)/b3-1-,11-7-/t16-,17+/m1/s1. The molecule has 0 aromatic carbocycles. The molecule has 0 aromatic rings. The summed E-state index contributed by atoms with van der Waals surface area (Å²) in [6, 6.07) is 0. The van der Waals surface area contributed by atoms with Crippen LogP contribution in [0.5, 0.6) is 0 Å². The van der Waals surface area contributed by atoms with Crippen molar-refractivity contribution in [2.75, 3.05) is 6.61 Å². The number of carboxylic acid groups (broad SMARTS) is 1. The van der Waals surface area contributed by atoms with E-state index in [1.165, 1.54) is 0 Å². The predicted molar refractivity (Wildman–Crippen MR) is 91.2 cm³/mol. The third-order valence-corrected chi connectivity index (χ3v) is 3.52. The minimum Gasteiger partial charge on any atom is -0.481 e. The summed E-state index contributed by atoms with van der Waals surface area (Å²) in [6.07, 6.45) is 13.4. The highest BCUT2D eigenvalue weighted by atomic mass is 16.4. The quantitative estimate of drug-likeness (QED) is 0.274. The second kappa shape index (κ2) is 15.7. The van der Waals surface area contributed by atoms with Gasteiger partial charge >= 0.3 is 5.97 Å². The number of unbranched alkanes of at least 4 members (excludes halogenated alkanes) is 4. The van der Waals surface area contributed by atoms with Gasteiger partial charge in [-0.25, -0.2) is 0 Å². The second-order valence-electron chi connectivity index (χ2n) is 5.80. The molecule has 134 valence electrons. The molecule has 2 atom stereocenters. The highest BCUT2D eigenvalue weighted by Crippen LogP contribution is 2.10. The minimum atomic E-state index is -0.816. The fourth-order valence-electron chi connectivity index (χ4n) is 2.21. The van der Waals surface area contributed by atoms with Crippen molar-refractivity contribution in [1.82, 2.24) is 0 Å². The first-order valence-electron chi connectivity index (χ1n) is 8.56. The van der Waals surface area contributed by atoms with Crippen LogP contribution < -0.4 is 0 Å². The van der Waals surface area contributed by atoms with Gasteiger partial charge < -0.3 is 20.4 Å². The summed E-state index contributed by atoms with van der Waals surface area (Å²) < 4.78 is 0. The van der Waals surface area contributed by atoms with Crippen LogP contribution in [-0.2, 0) is 4.79 Å². The lowest BCUT2D eigenvalue weighted by Crippen LogP contribution is -2.15. The van der Waals surface area contributed by atoms with Gasteiger partial charge in [0.15, 0.2) is 0 Å². The first kappa shape index (κ1) is 21.8. The van der Waals surface area contributed by atoms with E-state index in [2.05, 4.69) is 6.08 Å². The van der Waals surface area contributed by atoms with Crippen LogP contribution in [0.1, 0.15) is 64.2 Å². The van der Waals surface area contributed by atoms with Crippen molar-refractivity contribution in [2.24, 2.45) is 0 Å². The molecule has 4 N–H and O–H groups in total. The average Bonchev–Trinajstić information content (AvgIpc) is 2.49. The Morgan fingerprint density at radius 2 is 1.74 bits per heavy atom. The first-order valence-corrected chi connectivity index (χ1v) is 8.56. The van der Waals surface area contributed by atoms with Crippen LogP contribution >= 0.6 is 0 Å². The lowest BCUT2D eigenvalue weighted by Gasteiger charge is -2.12. The van der Waals surface area contributed by atoms with Crippen molar-refractivity contribution in [3.8, 4) is 0 Å². The molecular formula is C18H32O5. The van der Waals surface area contributed by atoms with Gasteiger partial charge in [0.1, 0.15) is 0 Å². The van der Waals surface area contributed by atoms with Gasteiger partial charge in [-0.1, -0.05) is 37.1 Å². The maximum atomic E-state index is 10.4. The second-order valence-corrected chi connectivity index (χ2v) is 5.80. The molecule has 0 saturated heterocycles. The number of aliphatic hydroxyl groups is 3. The first-order chi connectivity index (χ1) is 11.1. The summed E-state index contributed by atoms with van der Waals surface area (Å²) in [5.74, 6) is -0.816. The Balaban J connectivity index is 3.61. The normalized spacial score (nSPS) is 14.6. The Bertz CT molecular complexity index is 338. The molecule has 0 saturated carbocycles. The molecule has 0 aliphatic heterocycles. The zero-order valence-corrected chi connectivity index (χ0v) is 13.9. The van der Waals surface area contributed by atoms with Crippen molar-refractivity contribution in [3.05, 3.63) is 24.3 Å². The van der Waals surface area contributed by atoms with Crippen molar-refractivity contribution in [3.63, 3.8) is 0 Å². The molecule has 0 bridgehead atoms. The summed E-state index contributed by atoms with van der Waals surface area (Å²) in [4.78, 5) is 10.4. The summed E-state index contributed by atoms with van der Waals surface area (Å²) in [7, 11) is 0. The number of rotatable bonds is 15. The number of carbonyl (C=O) groups is 1. The van der Waals surface area contributed by atoms with Gasteiger partial charge in [0.25, 0.3) is 0 Å². The van der Waals surface area contributed by atoms with Crippen LogP contribution in [0.4, 0.5) is 0 Å². The van der Waals surface area contributed by atoms with Crippen LogP contribution in [0.25, 0.3) is 0 Å². The molecule has 0 radical (unpaired) electrons. The highest BCUT2D eigenvalue weighted by molar-refractivity contribution is 5.66. The number of aliphatic carboxylic acids is 1. The van der Waals surface area contributed by atoms with E-state index in [1.54, 1.807) is 6.08 Å². The van der Waals surface area contributed by atoms with Gasteiger partial charge in [0.2, 0.25) is 0 Å². The number of allylic oxidation sites excluding steroid dienone is 3. The van der Waals surface area contributed by atoms with Gasteiger partial charge in [-0.3, -0.25) is 4.79 Å². The third kappa shape index (κ3) is 17.0. The topological polar surface area (TPSA) is 98.0 Å². The van der Waals surface area contributed by atoms with Gasteiger partial charge in [-0.15, -0.1) is 0 Å². The van der Waals surface area contributed by atoms with Crippen molar-refractivity contribution < 1.29 is 25.2 Å². The van der Waals surface area contributed by atoms with Gasteiger partial charge in [0, 0.05) is 19.4 Å². The molecule has 0 heterocycles. The molecule has 0 amide bonds. The van der Waals surface area contributed by atoms with E-state index < -0.39 is 18.2 Å². The molecule has 23 heavy (non-hydrogen) atoms. The lowest BCUT2D eigenvalue weighted by atomic mass is 10.0.